The second-order valence-corrected chi connectivity index (χ2v) is 5.51. The van der Waals surface area contributed by atoms with Gasteiger partial charge in [0, 0.05) is 5.56 Å². The average molecular weight is 254 g/mol. The highest BCUT2D eigenvalue weighted by atomic mass is 32.2. The predicted octanol–water partition coefficient (Wildman–Crippen LogP) is 3.57. The molecule has 1 rings (SSSR count). The molecule has 17 heavy (non-hydrogen) atoms. The lowest BCUT2D eigenvalue weighted by Gasteiger charge is -2.14. The van der Waals surface area contributed by atoms with E-state index >= 15 is 0 Å². The molecule has 0 unspecified atom stereocenters. The lowest BCUT2D eigenvalue weighted by molar-refractivity contribution is 0.191. The highest BCUT2D eigenvalue weighted by Gasteiger charge is 2.08. The van der Waals surface area contributed by atoms with Gasteiger partial charge in [-0.2, -0.15) is 11.8 Å². The van der Waals surface area contributed by atoms with Crippen molar-refractivity contribution in [3.05, 3.63) is 29.3 Å². The van der Waals surface area contributed by atoms with Gasteiger partial charge in [-0.1, -0.05) is 19.1 Å². The summed E-state index contributed by atoms with van der Waals surface area (Å²) in [4.78, 5) is 0. The van der Waals surface area contributed by atoms with E-state index in [1.54, 1.807) is 6.92 Å². The number of hydrogen-bond donors (Lipinski definition) is 1. The Morgan fingerprint density at radius 2 is 2.18 bits per heavy atom. The van der Waals surface area contributed by atoms with E-state index in [4.69, 9.17) is 4.74 Å². The summed E-state index contributed by atoms with van der Waals surface area (Å²) in [6.07, 6.45) is 0.571. The van der Waals surface area contributed by atoms with E-state index in [0.29, 0.717) is 0 Å². The number of ether oxygens (including phenoxy) is 1. The minimum Gasteiger partial charge on any atom is -0.493 e. The first-order chi connectivity index (χ1) is 8.15. The lowest BCUT2D eigenvalue weighted by atomic mass is 10.1. The predicted molar refractivity (Wildman–Crippen MR) is 74.9 cm³/mol. The standard InChI is InChI=1S/C14H22O2S/c1-4-17-9-5-8-16-14-10-11(2)6-7-13(14)12(3)15/h6-7,10,12,15H,4-5,8-9H2,1-3H3/t12-/m1/s1. The molecular formula is C14H22O2S. The second-order valence-electron chi connectivity index (χ2n) is 4.12. The van der Waals surface area contributed by atoms with Crippen LogP contribution >= 0.6 is 11.8 Å². The maximum absolute atomic E-state index is 9.65. The minimum absolute atomic E-state index is 0.476. The molecule has 0 fully saturated rings. The van der Waals surface area contributed by atoms with Gasteiger partial charge in [-0.25, -0.2) is 0 Å². The topological polar surface area (TPSA) is 29.5 Å². The van der Waals surface area contributed by atoms with Crippen LogP contribution in [-0.2, 0) is 0 Å². The van der Waals surface area contributed by atoms with Crippen molar-refractivity contribution in [2.45, 2.75) is 33.3 Å². The SMILES string of the molecule is CCSCCCOc1cc(C)ccc1[C@@H](C)O. The Bertz CT molecular complexity index is 337. The molecule has 2 nitrogen and oxygen atoms in total. The number of rotatable bonds is 7. The van der Waals surface area contributed by atoms with Crippen molar-refractivity contribution in [1.82, 2.24) is 0 Å². The van der Waals surface area contributed by atoms with E-state index in [1.165, 1.54) is 0 Å². The van der Waals surface area contributed by atoms with E-state index in [1.807, 2.05) is 36.9 Å². The molecule has 1 atom stereocenters. The van der Waals surface area contributed by atoms with Crippen molar-refractivity contribution in [3.8, 4) is 5.75 Å². The zero-order chi connectivity index (χ0) is 12.7. The van der Waals surface area contributed by atoms with Crippen molar-refractivity contribution in [1.29, 1.82) is 0 Å². The van der Waals surface area contributed by atoms with E-state index < -0.39 is 6.10 Å². The lowest BCUT2D eigenvalue weighted by Crippen LogP contribution is -2.03. The highest BCUT2D eigenvalue weighted by Crippen LogP contribution is 2.26. The van der Waals surface area contributed by atoms with Crippen LogP contribution in [0.2, 0.25) is 0 Å². The van der Waals surface area contributed by atoms with Gasteiger partial charge in [0.25, 0.3) is 0 Å². The normalized spacial score (nSPS) is 12.5. The van der Waals surface area contributed by atoms with E-state index in [0.717, 1.165) is 41.4 Å². The molecule has 3 heteroatoms. The van der Waals surface area contributed by atoms with Gasteiger partial charge >= 0.3 is 0 Å². The summed E-state index contributed by atoms with van der Waals surface area (Å²) in [5, 5.41) is 9.65. The van der Waals surface area contributed by atoms with Crippen LogP contribution in [0.15, 0.2) is 18.2 Å². The molecule has 96 valence electrons. The Labute approximate surface area is 108 Å². The van der Waals surface area contributed by atoms with Crippen LogP contribution < -0.4 is 4.74 Å². The van der Waals surface area contributed by atoms with Crippen molar-refractivity contribution < 1.29 is 9.84 Å². The van der Waals surface area contributed by atoms with E-state index in [9.17, 15) is 5.11 Å². The highest BCUT2D eigenvalue weighted by molar-refractivity contribution is 7.99. The summed E-state index contributed by atoms with van der Waals surface area (Å²) >= 11 is 1.93. The maximum atomic E-state index is 9.65. The van der Waals surface area contributed by atoms with Crippen LogP contribution in [0.3, 0.4) is 0 Å². The summed E-state index contributed by atoms with van der Waals surface area (Å²) in [6, 6.07) is 5.94. The molecule has 0 saturated carbocycles. The molecule has 0 bridgehead atoms. The van der Waals surface area contributed by atoms with Gasteiger partial charge in [-0.05, 0) is 43.4 Å². The third kappa shape index (κ3) is 5.00. The van der Waals surface area contributed by atoms with Gasteiger partial charge < -0.3 is 9.84 Å². The third-order valence-corrected chi connectivity index (χ3v) is 3.50. The molecule has 1 aromatic rings. The summed E-state index contributed by atoms with van der Waals surface area (Å²) in [5.74, 6) is 3.11. The Balaban J connectivity index is 2.53. The summed E-state index contributed by atoms with van der Waals surface area (Å²) in [5.41, 5.74) is 2.03. The first-order valence-corrected chi connectivity index (χ1v) is 7.29. The molecule has 0 aliphatic rings. The van der Waals surface area contributed by atoms with Gasteiger partial charge in [0.15, 0.2) is 0 Å². The van der Waals surface area contributed by atoms with Crippen molar-refractivity contribution in [2.24, 2.45) is 0 Å². The van der Waals surface area contributed by atoms with E-state index in [-0.39, 0.29) is 0 Å². The van der Waals surface area contributed by atoms with Crippen LogP contribution in [0, 0.1) is 6.92 Å². The molecule has 0 radical (unpaired) electrons. The zero-order valence-corrected chi connectivity index (χ0v) is 11.7. The fraction of sp³-hybridized carbons (Fsp3) is 0.571. The molecule has 0 aliphatic heterocycles. The average Bonchev–Trinajstić information content (AvgIpc) is 2.28. The molecule has 0 aliphatic carbocycles. The minimum atomic E-state index is -0.476. The molecule has 0 heterocycles. The molecule has 1 N–H and O–H groups in total. The second kappa shape index (κ2) is 7.62. The quantitative estimate of drug-likeness (QED) is 0.754. The molecule has 0 spiro atoms. The van der Waals surface area contributed by atoms with Crippen LogP contribution in [0.5, 0.6) is 5.75 Å². The van der Waals surface area contributed by atoms with Crippen LogP contribution in [-0.4, -0.2) is 23.2 Å². The maximum Gasteiger partial charge on any atom is 0.125 e. The molecule has 0 aromatic heterocycles. The largest absolute Gasteiger partial charge is 0.493 e. The Morgan fingerprint density at radius 1 is 1.41 bits per heavy atom. The number of aliphatic hydroxyl groups is 1. The number of thioether (sulfide) groups is 1. The molecule has 0 amide bonds. The number of aliphatic hydroxyl groups excluding tert-OH is 1. The van der Waals surface area contributed by atoms with E-state index in [2.05, 4.69) is 6.92 Å². The van der Waals surface area contributed by atoms with Crippen molar-refractivity contribution >= 4 is 11.8 Å². The summed E-state index contributed by atoms with van der Waals surface area (Å²) in [6.45, 7) is 6.68. The summed E-state index contributed by atoms with van der Waals surface area (Å²) < 4.78 is 5.75. The van der Waals surface area contributed by atoms with Gasteiger partial charge in [-0.15, -0.1) is 0 Å². The van der Waals surface area contributed by atoms with Gasteiger partial charge in [0.05, 0.1) is 12.7 Å². The van der Waals surface area contributed by atoms with Crippen LogP contribution in [0.25, 0.3) is 0 Å². The monoisotopic (exact) mass is 254 g/mol. The Hall–Kier alpha value is -0.670. The third-order valence-electron chi connectivity index (χ3n) is 2.51. The fourth-order valence-electron chi connectivity index (χ4n) is 1.60. The number of aryl methyl sites for hydroxylation is 1. The zero-order valence-electron chi connectivity index (χ0n) is 10.9. The van der Waals surface area contributed by atoms with Crippen LogP contribution in [0.1, 0.15) is 37.5 Å². The number of benzene rings is 1. The summed E-state index contributed by atoms with van der Waals surface area (Å²) in [7, 11) is 0. The Kier molecular flexibility index (Phi) is 6.45. The van der Waals surface area contributed by atoms with Crippen LogP contribution in [0.4, 0.5) is 0 Å². The number of hydrogen-bond acceptors (Lipinski definition) is 3. The van der Waals surface area contributed by atoms with Crippen molar-refractivity contribution in [2.75, 3.05) is 18.1 Å². The first-order valence-electron chi connectivity index (χ1n) is 6.14. The van der Waals surface area contributed by atoms with Gasteiger partial charge in [0.2, 0.25) is 0 Å². The molecule has 1 aromatic carbocycles. The van der Waals surface area contributed by atoms with Gasteiger partial charge in [0.1, 0.15) is 5.75 Å². The smallest absolute Gasteiger partial charge is 0.125 e. The fourth-order valence-corrected chi connectivity index (χ4v) is 2.21. The molecular weight excluding hydrogens is 232 g/mol. The van der Waals surface area contributed by atoms with Crippen molar-refractivity contribution in [3.63, 3.8) is 0 Å². The molecule has 0 saturated heterocycles. The van der Waals surface area contributed by atoms with Gasteiger partial charge in [-0.3, -0.25) is 0 Å². The first kappa shape index (κ1) is 14.4. The Morgan fingerprint density at radius 3 is 2.82 bits per heavy atom.